The number of nitrogens with two attached hydrogens (primary N) is 1. The SMILES string of the molecule is CC(C)c1cc(C(=O)N2CCC(N)CC2)n[nH]1. The molecule has 1 aliphatic heterocycles. The van der Waals surface area contributed by atoms with Gasteiger partial charge in [-0.3, -0.25) is 9.89 Å². The van der Waals surface area contributed by atoms with Crippen molar-refractivity contribution >= 4 is 5.91 Å². The lowest BCUT2D eigenvalue weighted by atomic mass is 10.1. The van der Waals surface area contributed by atoms with Crippen molar-refractivity contribution in [3.63, 3.8) is 0 Å². The van der Waals surface area contributed by atoms with Crippen molar-refractivity contribution < 1.29 is 4.79 Å². The van der Waals surface area contributed by atoms with Crippen LogP contribution in [0, 0.1) is 0 Å². The number of H-pyrrole nitrogens is 1. The Hall–Kier alpha value is -1.36. The van der Waals surface area contributed by atoms with E-state index in [1.54, 1.807) is 0 Å². The average molecular weight is 236 g/mol. The summed E-state index contributed by atoms with van der Waals surface area (Å²) in [6.45, 7) is 5.62. The van der Waals surface area contributed by atoms with Crippen LogP contribution in [0.25, 0.3) is 0 Å². The highest BCUT2D eigenvalue weighted by Gasteiger charge is 2.23. The maximum atomic E-state index is 12.1. The average Bonchev–Trinajstić information content (AvgIpc) is 2.78. The van der Waals surface area contributed by atoms with E-state index in [1.807, 2.05) is 11.0 Å². The van der Waals surface area contributed by atoms with Gasteiger partial charge in [0.1, 0.15) is 5.69 Å². The molecule has 17 heavy (non-hydrogen) atoms. The van der Waals surface area contributed by atoms with Gasteiger partial charge >= 0.3 is 0 Å². The largest absolute Gasteiger partial charge is 0.337 e. The fourth-order valence-electron chi connectivity index (χ4n) is 2.01. The number of nitrogens with one attached hydrogen (secondary N) is 1. The molecule has 1 fully saturated rings. The molecule has 1 aliphatic rings. The number of hydrogen-bond acceptors (Lipinski definition) is 3. The number of carbonyl (C=O) groups is 1. The van der Waals surface area contributed by atoms with Gasteiger partial charge in [0.15, 0.2) is 0 Å². The van der Waals surface area contributed by atoms with E-state index in [1.165, 1.54) is 0 Å². The standard InChI is InChI=1S/C12H20N4O/c1-8(2)10-7-11(15-14-10)12(17)16-5-3-9(13)4-6-16/h7-9H,3-6,13H2,1-2H3,(H,14,15). The summed E-state index contributed by atoms with van der Waals surface area (Å²) in [6, 6.07) is 2.09. The van der Waals surface area contributed by atoms with E-state index >= 15 is 0 Å². The third kappa shape index (κ3) is 2.66. The van der Waals surface area contributed by atoms with Crippen molar-refractivity contribution in [1.29, 1.82) is 0 Å². The number of aromatic amines is 1. The van der Waals surface area contributed by atoms with Crippen LogP contribution < -0.4 is 5.73 Å². The summed E-state index contributed by atoms with van der Waals surface area (Å²) in [4.78, 5) is 14.0. The Kier molecular flexibility index (Phi) is 3.47. The van der Waals surface area contributed by atoms with Crippen LogP contribution in [-0.2, 0) is 0 Å². The van der Waals surface area contributed by atoms with Gasteiger partial charge in [0, 0.05) is 24.8 Å². The fourth-order valence-corrected chi connectivity index (χ4v) is 2.01. The summed E-state index contributed by atoms with van der Waals surface area (Å²) in [6.07, 6.45) is 1.76. The predicted octanol–water partition coefficient (Wildman–Crippen LogP) is 1.10. The highest BCUT2D eigenvalue weighted by Crippen LogP contribution is 2.15. The van der Waals surface area contributed by atoms with Crippen molar-refractivity contribution in [3.05, 3.63) is 17.5 Å². The second-order valence-electron chi connectivity index (χ2n) is 4.99. The molecule has 0 bridgehead atoms. The molecule has 0 spiro atoms. The number of likely N-dealkylation sites (tertiary alicyclic amines) is 1. The number of amides is 1. The van der Waals surface area contributed by atoms with E-state index in [4.69, 9.17) is 5.73 Å². The van der Waals surface area contributed by atoms with E-state index < -0.39 is 0 Å². The molecule has 0 aliphatic carbocycles. The first kappa shape index (κ1) is 12.1. The molecule has 5 nitrogen and oxygen atoms in total. The lowest BCUT2D eigenvalue weighted by Crippen LogP contribution is -2.42. The molecule has 0 saturated carbocycles. The normalized spacial score (nSPS) is 17.8. The van der Waals surface area contributed by atoms with Crippen LogP contribution in [0.4, 0.5) is 0 Å². The Labute approximate surface area is 101 Å². The van der Waals surface area contributed by atoms with Crippen LogP contribution in [0.5, 0.6) is 0 Å². The van der Waals surface area contributed by atoms with Crippen LogP contribution in [0.15, 0.2) is 6.07 Å². The van der Waals surface area contributed by atoms with Gasteiger partial charge in [0.05, 0.1) is 0 Å². The van der Waals surface area contributed by atoms with Crippen LogP contribution in [-0.4, -0.2) is 40.1 Å². The van der Waals surface area contributed by atoms with E-state index in [0.29, 0.717) is 11.6 Å². The minimum Gasteiger partial charge on any atom is -0.337 e. The molecule has 0 aromatic carbocycles. The molecule has 0 radical (unpaired) electrons. The van der Waals surface area contributed by atoms with Gasteiger partial charge in [-0.1, -0.05) is 13.8 Å². The molecule has 1 aromatic rings. The summed E-state index contributed by atoms with van der Waals surface area (Å²) < 4.78 is 0. The highest BCUT2D eigenvalue weighted by atomic mass is 16.2. The van der Waals surface area contributed by atoms with Crippen molar-refractivity contribution in [2.75, 3.05) is 13.1 Å². The minimum absolute atomic E-state index is 0.0139. The van der Waals surface area contributed by atoms with Crippen LogP contribution in [0.1, 0.15) is 48.8 Å². The zero-order valence-electron chi connectivity index (χ0n) is 10.4. The van der Waals surface area contributed by atoms with E-state index in [9.17, 15) is 4.79 Å². The molecule has 1 aromatic heterocycles. The first-order valence-corrected chi connectivity index (χ1v) is 6.18. The van der Waals surface area contributed by atoms with Crippen LogP contribution in [0.2, 0.25) is 0 Å². The van der Waals surface area contributed by atoms with Gasteiger partial charge in [-0.05, 0) is 24.8 Å². The molecule has 94 valence electrons. The van der Waals surface area contributed by atoms with Gasteiger partial charge in [0.25, 0.3) is 5.91 Å². The highest BCUT2D eigenvalue weighted by molar-refractivity contribution is 5.92. The molecule has 2 rings (SSSR count). The topological polar surface area (TPSA) is 75.0 Å². The van der Waals surface area contributed by atoms with Crippen LogP contribution in [0.3, 0.4) is 0 Å². The molecule has 0 unspecified atom stereocenters. The van der Waals surface area contributed by atoms with Crippen molar-refractivity contribution in [2.45, 2.75) is 38.6 Å². The van der Waals surface area contributed by atoms with E-state index in [0.717, 1.165) is 31.6 Å². The zero-order chi connectivity index (χ0) is 12.4. The summed E-state index contributed by atoms with van der Waals surface area (Å²) in [5.74, 6) is 0.374. The first-order chi connectivity index (χ1) is 8.08. The maximum Gasteiger partial charge on any atom is 0.274 e. The Bertz CT molecular complexity index is 391. The Balaban J connectivity index is 2.03. The molecular weight excluding hydrogens is 216 g/mol. The first-order valence-electron chi connectivity index (χ1n) is 6.18. The zero-order valence-corrected chi connectivity index (χ0v) is 10.4. The van der Waals surface area contributed by atoms with Crippen molar-refractivity contribution in [2.24, 2.45) is 5.73 Å². The summed E-state index contributed by atoms with van der Waals surface area (Å²) >= 11 is 0. The Morgan fingerprint density at radius 1 is 1.53 bits per heavy atom. The minimum atomic E-state index is 0.0139. The summed E-state index contributed by atoms with van der Waals surface area (Å²) in [5, 5.41) is 7.00. The Morgan fingerprint density at radius 2 is 2.18 bits per heavy atom. The summed E-state index contributed by atoms with van der Waals surface area (Å²) in [7, 11) is 0. The number of aromatic nitrogens is 2. The van der Waals surface area contributed by atoms with Gasteiger partial charge < -0.3 is 10.6 Å². The quantitative estimate of drug-likeness (QED) is 0.807. The third-order valence-corrected chi connectivity index (χ3v) is 3.27. The van der Waals surface area contributed by atoms with Crippen molar-refractivity contribution in [1.82, 2.24) is 15.1 Å². The maximum absolute atomic E-state index is 12.1. The predicted molar refractivity (Wildman–Crippen MR) is 65.8 cm³/mol. The van der Waals surface area contributed by atoms with E-state index in [2.05, 4.69) is 24.0 Å². The van der Waals surface area contributed by atoms with E-state index in [-0.39, 0.29) is 11.9 Å². The number of hydrogen-bond donors (Lipinski definition) is 2. The monoisotopic (exact) mass is 236 g/mol. The summed E-state index contributed by atoms with van der Waals surface area (Å²) in [5.41, 5.74) is 7.34. The molecule has 2 heterocycles. The fraction of sp³-hybridized carbons (Fsp3) is 0.667. The van der Waals surface area contributed by atoms with Gasteiger partial charge in [-0.15, -0.1) is 0 Å². The molecular formula is C12H20N4O. The number of rotatable bonds is 2. The number of piperidine rings is 1. The van der Waals surface area contributed by atoms with Crippen LogP contribution >= 0.6 is 0 Å². The smallest absolute Gasteiger partial charge is 0.274 e. The lowest BCUT2D eigenvalue weighted by molar-refractivity contribution is 0.0708. The van der Waals surface area contributed by atoms with Crippen molar-refractivity contribution in [3.8, 4) is 0 Å². The molecule has 3 N–H and O–H groups in total. The molecule has 1 amide bonds. The number of nitrogens with zero attached hydrogens (tertiary/aromatic N) is 2. The lowest BCUT2D eigenvalue weighted by Gasteiger charge is -2.29. The van der Waals surface area contributed by atoms with Gasteiger partial charge in [0.2, 0.25) is 0 Å². The third-order valence-electron chi connectivity index (χ3n) is 3.27. The molecule has 0 atom stereocenters. The Morgan fingerprint density at radius 3 is 2.71 bits per heavy atom. The van der Waals surface area contributed by atoms with Gasteiger partial charge in [-0.25, -0.2) is 0 Å². The second kappa shape index (κ2) is 4.87. The molecule has 1 saturated heterocycles. The molecule has 5 heteroatoms. The number of carbonyl (C=O) groups excluding carboxylic acids is 1. The van der Waals surface area contributed by atoms with Gasteiger partial charge in [-0.2, -0.15) is 5.10 Å². The second-order valence-corrected chi connectivity index (χ2v) is 4.99.